The summed E-state index contributed by atoms with van der Waals surface area (Å²) in [7, 11) is 0. The van der Waals surface area contributed by atoms with Crippen molar-refractivity contribution in [3.05, 3.63) is 60.2 Å². The second kappa shape index (κ2) is 9.27. The van der Waals surface area contributed by atoms with E-state index in [0.717, 1.165) is 12.8 Å². The van der Waals surface area contributed by atoms with Crippen molar-refractivity contribution in [3.8, 4) is 17.5 Å². The van der Waals surface area contributed by atoms with E-state index in [1.165, 1.54) is 47.0 Å². The predicted molar refractivity (Wildman–Crippen MR) is 113 cm³/mol. The molecule has 0 aliphatic heterocycles. The van der Waals surface area contributed by atoms with Gasteiger partial charge in [0.15, 0.2) is 11.0 Å². The van der Waals surface area contributed by atoms with Gasteiger partial charge in [-0.15, -0.1) is 10.2 Å². The van der Waals surface area contributed by atoms with Gasteiger partial charge in [-0.2, -0.15) is 5.26 Å². The SMILES string of the molecule is N#CCCN(C(=O)CSc1nnc(-c2ccccc2F)n1C1CC1)c1ccc(F)cc1. The molecule has 0 atom stereocenters. The number of anilines is 1. The van der Waals surface area contributed by atoms with Crippen LogP contribution in [0.2, 0.25) is 0 Å². The first-order valence-electron chi connectivity index (χ1n) is 9.84. The molecule has 2 aromatic carbocycles. The van der Waals surface area contributed by atoms with Gasteiger partial charge in [0.25, 0.3) is 0 Å². The summed E-state index contributed by atoms with van der Waals surface area (Å²) in [4.78, 5) is 14.4. The zero-order valence-electron chi connectivity index (χ0n) is 16.5. The summed E-state index contributed by atoms with van der Waals surface area (Å²) in [6, 6.07) is 14.2. The number of hydrogen-bond donors (Lipinski definition) is 0. The normalized spacial score (nSPS) is 13.1. The Hall–Kier alpha value is -3.25. The number of aromatic nitrogens is 3. The van der Waals surface area contributed by atoms with Crippen LogP contribution in [0.5, 0.6) is 0 Å². The number of benzene rings is 2. The van der Waals surface area contributed by atoms with Gasteiger partial charge in [-0.05, 0) is 49.2 Å². The molecular formula is C22H19F2N5OS. The fourth-order valence-electron chi connectivity index (χ4n) is 3.25. The monoisotopic (exact) mass is 439 g/mol. The standard InChI is InChI=1S/C22H19F2N5OS/c23-15-6-8-16(9-7-15)28(13-3-12-25)20(30)14-31-22-27-26-21(29(22)17-10-11-17)18-4-1-2-5-19(18)24/h1-2,4-9,17H,3,10-11,13-14H2. The maximum atomic E-state index is 14.3. The average molecular weight is 439 g/mol. The summed E-state index contributed by atoms with van der Waals surface area (Å²) in [6.07, 6.45) is 2.05. The van der Waals surface area contributed by atoms with Gasteiger partial charge in [-0.1, -0.05) is 23.9 Å². The van der Waals surface area contributed by atoms with E-state index in [-0.39, 0.29) is 36.5 Å². The van der Waals surface area contributed by atoms with E-state index in [4.69, 9.17) is 5.26 Å². The van der Waals surface area contributed by atoms with Crippen molar-refractivity contribution in [3.63, 3.8) is 0 Å². The van der Waals surface area contributed by atoms with Crippen LogP contribution in [0.4, 0.5) is 14.5 Å². The van der Waals surface area contributed by atoms with E-state index in [1.54, 1.807) is 18.2 Å². The number of carbonyl (C=O) groups excluding carboxylic acids is 1. The molecule has 1 saturated carbocycles. The maximum absolute atomic E-state index is 14.3. The lowest BCUT2D eigenvalue weighted by atomic mass is 10.2. The summed E-state index contributed by atoms with van der Waals surface area (Å²) < 4.78 is 29.5. The molecule has 0 spiro atoms. The third-order valence-corrected chi connectivity index (χ3v) is 5.83. The van der Waals surface area contributed by atoms with Crippen molar-refractivity contribution in [1.82, 2.24) is 14.8 Å². The predicted octanol–water partition coefficient (Wildman–Crippen LogP) is 4.60. The minimum atomic E-state index is -0.399. The Labute approximate surface area is 182 Å². The van der Waals surface area contributed by atoms with E-state index in [0.29, 0.717) is 22.2 Å². The summed E-state index contributed by atoms with van der Waals surface area (Å²) >= 11 is 1.22. The largest absolute Gasteiger partial charge is 0.311 e. The lowest BCUT2D eigenvalue weighted by Crippen LogP contribution is -2.33. The van der Waals surface area contributed by atoms with Crippen molar-refractivity contribution in [2.24, 2.45) is 0 Å². The van der Waals surface area contributed by atoms with Crippen LogP contribution in [0.25, 0.3) is 11.4 Å². The maximum Gasteiger partial charge on any atom is 0.237 e. The fraction of sp³-hybridized carbons (Fsp3) is 0.273. The Bertz CT molecular complexity index is 1120. The molecule has 1 fully saturated rings. The average Bonchev–Trinajstić information content (AvgIpc) is 3.53. The van der Waals surface area contributed by atoms with Gasteiger partial charge in [0.2, 0.25) is 5.91 Å². The number of halogens is 2. The summed E-state index contributed by atoms with van der Waals surface area (Å²) in [5.74, 6) is -0.488. The van der Waals surface area contributed by atoms with Gasteiger partial charge in [-0.3, -0.25) is 9.36 Å². The second-order valence-electron chi connectivity index (χ2n) is 7.11. The van der Waals surface area contributed by atoms with Gasteiger partial charge < -0.3 is 4.90 Å². The molecule has 1 aliphatic carbocycles. The zero-order valence-corrected chi connectivity index (χ0v) is 17.4. The number of amides is 1. The van der Waals surface area contributed by atoms with Crippen molar-refractivity contribution >= 4 is 23.4 Å². The minimum absolute atomic E-state index is 0.0604. The van der Waals surface area contributed by atoms with Crippen LogP contribution in [-0.4, -0.2) is 33.0 Å². The van der Waals surface area contributed by atoms with Crippen LogP contribution < -0.4 is 4.90 Å². The molecule has 9 heteroatoms. The summed E-state index contributed by atoms with van der Waals surface area (Å²) in [6.45, 7) is 0.206. The number of carbonyl (C=O) groups is 1. The molecule has 1 aromatic heterocycles. The number of nitrogens with zero attached hydrogens (tertiary/aromatic N) is 5. The van der Waals surface area contributed by atoms with E-state index in [9.17, 15) is 13.6 Å². The van der Waals surface area contributed by atoms with Crippen LogP contribution in [-0.2, 0) is 4.79 Å². The first kappa shape index (κ1) is 21.0. The Morgan fingerprint density at radius 2 is 1.90 bits per heavy atom. The second-order valence-corrected chi connectivity index (χ2v) is 8.05. The minimum Gasteiger partial charge on any atom is -0.311 e. The van der Waals surface area contributed by atoms with Gasteiger partial charge in [0.05, 0.1) is 23.8 Å². The molecule has 3 aromatic rings. The highest BCUT2D eigenvalue weighted by atomic mass is 32.2. The van der Waals surface area contributed by atoms with Gasteiger partial charge >= 0.3 is 0 Å². The van der Waals surface area contributed by atoms with Crippen molar-refractivity contribution in [2.45, 2.75) is 30.5 Å². The van der Waals surface area contributed by atoms with E-state index in [1.807, 2.05) is 10.6 Å². The van der Waals surface area contributed by atoms with Crippen LogP contribution in [0.1, 0.15) is 25.3 Å². The number of thioether (sulfide) groups is 1. The molecule has 1 amide bonds. The summed E-state index contributed by atoms with van der Waals surface area (Å²) in [5.41, 5.74) is 0.903. The van der Waals surface area contributed by atoms with Crippen LogP contribution >= 0.6 is 11.8 Å². The van der Waals surface area contributed by atoms with Crippen molar-refractivity contribution in [2.75, 3.05) is 17.2 Å². The molecule has 0 saturated heterocycles. The smallest absolute Gasteiger partial charge is 0.237 e. The molecule has 0 N–H and O–H groups in total. The third-order valence-electron chi connectivity index (χ3n) is 4.90. The van der Waals surface area contributed by atoms with E-state index in [2.05, 4.69) is 10.2 Å². The molecule has 0 unspecified atom stereocenters. The third kappa shape index (κ3) is 4.75. The molecule has 158 valence electrons. The fourth-order valence-corrected chi connectivity index (χ4v) is 4.13. The Balaban J connectivity index is 1.54. The first-order chi connectivity index (χ1) is 15.1. The molecule has 1 heterocycles. The molecule has 0 radical (unpaired) electrons. The van der Waals surface area contributed by atoms with Crippen LogP contribution in [0.15, 0.2) is 53.7 Å². The van der Waals surface area contributed by atoms with Crippen molar-refractivity contribution in [1.29, 1.82) is 5.26 Å². The van der Waals surface area contributed by atoms with E-state index >= 15 is 0 Å². The van der Waals surface area contributed by atoms with Gasteiger partial charge in [0, 0.05) is 18.3 Å². The highest BCUT2D eigenvalue weighted by Gasteiger charge is 2.31. The molecule has 6 nitrogen and oxygen atoms in total. The number of nitriles is 1. The van der Waals surface area contributed by atoms with Crippen LogP contribution in [0, 0.1) is 23.0 Å². The Morgan fingerprint density at radius 3 is 2.58 bits per heavy atom. The number of rotatable bonds is 8. The summed E-state index contributed by atoms with van der Waals surface area (Å²) in [5, 5.41) is 17.9. The van der Waals surface area contributed by atoms with Gasteiger partial charge in [0.1, 0.15) is 11.6 Å². The topological polar surface area (TPSA) is 74.8 Å². The van der Waals surface area contributed by atoms with Gasteiger partial charge in [-0.25, -0.2) is 8.78 Å². The van der Waals surface area contributed by atoms with E-state index < -0.39 is 5.82 Å². The van der Waals surface area contributed by atoms with Crippen LogP contribution in [0.3, 0.4) is 0 Å². The molecular weight excluding hydrogens is 420 g/mol. The Kier molecular flexibility index (Phi) is 6.28. The molecule has 1 aliphatic rings. The quantitative estimate of drug-likeness (QED) is 0.480. The number of hydrogen-bond acceptors (Lipinski definition) is 5. The molecule has 0 bridgehead atoms. The lowest BCUT2D eigenvalue weighted by Gasteiger charge is -2.21. The Morgan fingerprint density at radius 1 is 1.16 bits per heavy atom. The first-order valence-corrected chi connectivity index (χ1v) is 10.8. The highest BCUT2D eigenvalue weighted by Crippen LogP contribution is 2.41. The molecule has 4 rings (SSSR count). The van der Waals surface area contributed by atoms with Crippen molar-refractivity contribution < 1.29 is 13.6 Å². The highest BCUT2D eigenvalue weighted by molar-refractivity contribution is 7.99. The lowest BCUT2D eigenvalue weighted by molar-refractivity contribution is -0.116. The molecule has 31 heavy (non-hydrogen) atoms. The zero-order chi connectivity index (χ0) is 21.8.